The van der Waals surface area contributed by atoms with Crippen molar-refractivity contribution < 1.29 is 14.3 Å². The standard InChI is InChI=1S/C16H14ClN3O4S/c1-23-7-6-13-19-20-14(21)8-12(18-16(20)25-13)9-24-15(22)10-2-4-11(17)5-3-10/h2-5,8H,6-7,9H2,1H3. The van der Waals surface area contributed by atoms with Crippen LogP contribution in [0.25, 0.3) is 4.96 Å². The summed E-state index contributed by atoms with van der Waals surface area (Å²) in [6, 6.07) is 7.66. The Morgan fingerprint density at radius 1 is 1.32 bits per heavy atom. The summed E-state index contributed by atoms with van der Waals surface area (Å²) >= 11 is 7.09. The highest BCUT2D eigenvalue weighted by Crippen LogP contribution is 2.14. The third kappa shape index (κ3) is 4.22. The van der Waals surface area contributed by atoms with Crippen molar-refractivity contribution in [3.05, 3.63) is 62.0 Å². The van der Waals surface area contributed by atoms with Gasteiger partial charge >= 0.3 is 5.97 Å². The van der Waals surface area contributed by atoms with Crippen molar-refractivity contribution in [1.82, 2.24) is 14.6 Å². The Morgan fingerprint density at radius 3 is 2.80 bits per heavy atom. The zero-order chi connectivity index (χ0) is 17.8. The average molecular weight is 380 g/mol. The van der Waals surface area contributed by atoms with Crippen LogP contribution in [0.3, 0.4) is 0 Å². The number of aromatic nitrogens is 3. The van der Waals surface area contributed by atoms with E-state index in [1.807, 2.05) is 0 Å². The number of halogens is 1. The minimum atomic E-state index is -0.510. The topological polar surface area (TPSA) is 82.8 Å². The highest BCUT2D eigenvalue weighted by molar-refractivity contribution is 7.16. The van der Waals surface area contributed by atoms with Crippen LogP contribution in [0.5, 0.6) is 0 Å². The van der Waals surface area contributed by atoms with Crippen LogP contribution in [0.15, 0.2) is 35.1 Å². The first-order valence-electron chi connectivity index (χ1n) is 7.37. The molecule has 0 saturated carbocycles. The van der Waals surface area contributed by atoms with Crippen molar-refractivity contribution >= 4 is 33.9 Å². The second-order valence-corrected chi connectivity index (χ2v) is 6.58. The second kappa shape index (κ2) is 7.73. The molecule has 0 saturated heterocycles. The smallest absolute Gasteiger partial charge is 0.338 e. The molecule has 0 fully saturated rings. The van der Waals surface area contributed by atoms with Gasteiger partial charge in [0, 0.05) is 24.6 Å². The lowest BCUT2D eigenvalue weighted by atomic mass is 10.2. The molecule has 7 nitrogen and oxygen atoms in total. The first-order chi connectivity index (χ1) is 12.1. The molecular formula is C16H14ClN3O4S. The van der Waals surface area contributed by atoms with Crippen LogP contribution < -0.4 is 5.56 Å². The van der Waals surface area contributed by atoms with E-state index in [-0.39, 0.29) is 12.2 Å². The van der Waals surface area contributed by atoms with Gasteiger partial charge in [-0.25, -0.2) is 9.78 Å². The van der Waals surface area contributed by atoms with E-state index in [1.54, 1.807) is 31.4 Å². The van der Waals surface area contributed by atoms with Crippen molar-refractivity contribution in [3.63, 3.8) is 0 Å². The Bertz CT molecular complexity index is 952. The second-order valence-electron chi connectivity index (χ2n) is 5.10. The SMILES string of the molecule is COCCc1nn2c(=O)cc(COC(=O)c3ccc(Cl)cc3)nc2s1. The number of carbonyl (C=O) groups is 1. The fourth-order valence-electron chi connectivity index (χ4n) is 2.07. The molecule has 0 unspecified atom stereocenters. The van der Waals surface area contributed by atoms with Crippen molar-refractivity contribution in [3.8, 4) is 0 Å². The minimum absolute atomic E-state index is 0.0987. The quantitative estimate of drug-likeness (QED) is 0.611. The number of fused-ring (bicyclic) bond motifs is 1. The molecule has 130 valence electrons. The van der Waals surface area contributed by atoms with Gasteiger partial charge in [-0.15, -0.1) is 0 Å². The molecule has 25 heavy (non-hydrogen) atoms. The van der Waals surface area contributed by atoms with Crippen molar-refractivity contribution in [1.29, 1.82) is 0 Å². The average Bonchev–Trinajstić information content (AvgIpc) is 3.02. The summed E-state index contributed by atoms with van der Waals surface area (Å²) < 4.78 is 11.4. The number of carbonyl (C=O) groups excluding carboxylic acids is 1. The van der Waals surface area contributed by atoms with Crippen molar-refractivity contribution in [2.24, 2.45) is 0 Å². The number of benzene rings is 1. The van der Waals surface area contributed by atoms with Crippen LogP contribution in [0.4, 0.5) is 0 Å². The van der Waals surface area contributed by atoms with Gasteiger partial charge in [0.1, 0.15) is 11.6 Å². The first-order valence-corrected chi connectivity index (χ1v) is 8.56. The molecule has 0 N–H and O–H groups in total. The summed E-state index contributed by atoms with van der Waals surface area (Å²) in [4.78, 5) is 28.9. The molecule has 9 heteroatoms. The third-order valence-electron chi connectivity index (χ3n) is 3.29. The molecule has 0 aliphatic carbocycles. The van der Waals surface area contributed by atoms with Gasteiger partial charge in [-0.3, -0.25) is 4.79 Å². The number of hydrogen-bond acceptors (Lipinski definition) is 7. The van der Waals surface area contributed by atoms with E-state index in [2.05, 4.69) is 10.1 Å². The summed E-state index contributed by atoms with van der Waals surface area (Å²) in [5, 5.41) is 5.49. The summed E-state index contributed by atoms with van der Waals surface area (Å²) in [5.74, 6) is -0.510. The van der Waals surface area contributed by atoms with Gasteiger partial charge < -0.3 is 9.47 Å². The molecule has 0 aliphatic heterocycles. The summed E-state index contributed by atoms with van der Waals surface area (Å²) in [6.45, 7) is 0.415. The summed E-state index contributed by atoms with van der Waals surface area (Å²) in [5.41, 5.74) is 0.429. The molecule has 0 aliphatic rings. The highest BCUT2D eigenvalue weighted by atomic mass is 35.5. The van der Waals surface area contributed by atoms with Gasteiger partial charge in [-0.1, -0.05) is 22.9 Å². The minimum Gasteiger partial charge on any atom is -0.456 e. The van der Waals surface area contributed by atoms with Crippen molar-refractivity contribution in [2.45, 2.75) is 13.0 Å². The number of ether oxygens (including phenoxy) is 2. The highest BCUT2D eigenvalue weighted by Gasteiger charge is 2.12. The molecule has 0 atom stereocenters. The van der Waals surface area contributed by atoms with Gasteiger partial charge in [0.2, 0.25) is 4.96 Å². The lowest BCUT2D eigenvalue weighted by Gasteiger charge is -2.04. The van der Waals surface area contributed by atoms with Crippen molar-refractivity contribution in [2.75, 3.05) is 13.7 Å². The monoisotopic (exact) mass is 379 g/mol. The predicted molar refractivity (Wildman–Crippen MR) is 93.3 cm³/mol. The fraction of sp³-hybridized carbons (Fsp3) is 0.250. The lowest BCUT2D eigenvalue weighted by Crippen LogP contribution is -2.16. The zero-order valence-corrected chi connectivity index (χ0v) is 14.8. The van der Waals surface area contributed by atoms with Gasteiger partial charge in [0.05, 0.1) is 17.9 Å². The number of hydrogen-bond donors (Lipinski definition) is 0. The van der Waals surface area contributed by atoms with Crippen LogP contribution in [-0.4, -0.2) is 34.3 Å². The molecule has 2 heterocycles. The molecule has 3 aromatic rings. The summed E-state index contributed by atoms with van der Waals surface area (Å²) in [7, 11) is 1.60. The van der Waals surface area contributed by atoms with Crippen LogP contribution >= 0.6 is 22.9 Å². The molecule has 0 radical (unpaired) electrons. The number of esters is 1. The number of nitrogens with zero attached hydrogens (tertiary/aromatic N) is 3. The van der Waals surface area contributed by atoms with E-state index in [1.165, 1.54) is 21.9 Å². The summed E-state index contributed by atoms with van der Waals surface area (Å²) in [6.07, 6.45) is 0.602. The van der Waals surface area contributed by atoms with Gasteiger partial charge in [-0.2, -0.15) is 9.61 Å². The maximum Gasteiger partial charge on any atom is 0.338 e. The van der Waals surface area contributed by atoms with Crippen LogP contribution in [0, 0.1) is 0 Å². The molecule has 3 rings (SSSR count). The van der Waals surface area contributed by atoms with Crippen LogP contribution in [0.1, 0.15) is 21.1 Å². The molecule has 0 spiro atoms. The zero-order valence-electron chi connectivity index (χ0n) is 13.3. The van der Waals surface area contributed by atoms with Gasteiger partial charge in [-0.05, 0) is 24.3 Å². The van der Waals surface area contributed by atoms with E-state index in [4.69, 9.17) is 21.1 Å². The van der Waals surface area contributed by atoms with E-state index in [0.29, 0.717) is 34.3 Å². The Morgan fingerprint density at radius 2 is 2.08 bits per heavy atom. The third-order valence-corrected chi connectivity index (χ3v) is 4.51. The molecule has 0 bridgehead atoms. The largest absolute Gasteiger partial charge is 0.456 e. The fourth-order valence-corrected chi connectivity index (χ4v) is 3.09. The Labute approximate surface area is 151 Å². The Kier molecular flexibility index (Phi) is 5.42. The normalized spacial score (nSPS) is 11.0. The molecule has 2 aromatic heterocycles. The number of methoxy groups -OCH3 is 1. The first kappa shape index (κ1) is 17.5. The maximum absolute atomic E-state index is 12.1. The predicted octanol–water partition coefficient (Wildman–Crippen LogP) is 2.35. The maximum atomic E-state index is 12.1. The molecular weight excluding hydrogens is 366 g/mol. The van der Waals surface area contributed by atoms with E-state index < -0.39 is 5.97 Å². The van der Waals surface area contributed by atoms with Gasteiger partial charge in [0.25, 0.3) is 5.56 Å². The van der Waals surface area contributed by atoms with E-state index >= 15 is 0 Å². The molecule has 1 aromatic carbocycles. The Hall–Kier alpha value is -2.29. The lowest BCUT2D eigenvalue weighted by molar-refractivity contribution is 0.0468. The Balaban J connectivity index is 1.74. The van der Waals surface area contributed by atoms with Gasteiger partial charge in [0.15, 0.2) is 0 Å². The molecule has 0 amide bonds. The number of rotatable bonds is 6. The van der Waals surface area contributed by atoms with Crippen LogP contribution in [-0.2, 0) is 22.5 Å². The van der Waals surface area contributed by atoms with E-state index in [0.717, 1.165) is 5.01 Å². The van der Waals surface area contributed by atoms with Crippen LogP contribution in [0.2, 0.25) is 5.02 Å². The van der Waals surface area contributed by atoms with E-state index in [9.17, 15) is 9.59 Å².